The van der Waals surface area contributed by atoms with Gasteiger partial charge in [-0.15, -0.1) is 10.2 Å². The van der Waals surface area contributed by atoms with Gasteiger partial charge in [0.25, 0.3) is 0 Å². The predicted molar refractivity (Wildman–Crippen MR) is 65.3 cm³/mol. The minimum atomic E-state index is -4.64. The van der Waals surface area contributed by atoms with Gasteiger partial charge in [-0.1, -0.05) is 17.4 Å². The van der Waals surface area contributed by atoms with Gasteiger partial charge in [0.05, 0.1) is 0 Å². The molecule has 0 aliphatic heterocycles. The van der Waals surface area contributed by atoms with Crippen LogP contribution in [0.2, 0.25) is 0 Å². The molecule has 2 rings (SSSR count). The summed E-state index contributed by atoms with van der Waals surface area (Å²) in [5.41, 5.74) is -0.258. The summed E-state index contributed by atoms with van der Waals surface area (Å²) >= 11 is 0.215. The number of hydrogen-bond donors (Lipinski definition) is 1. The third kappa shape index (κ3) is 4.00. The first-order valence-electron chi connectivity index (χ1n) is 5.64. The summed E-state index contributed by atoms with van der Waals surface area (Å²) in [6.07, 6.45) is -4.64. The first-order chi connectivity index (χ1) is 10.3. The van der Waals surface area contributed by atoms with Crippen LogP contribution >= 0.6 is 11.3 Å². The maximum absolute atomic E-state index is 13.6. The van der Waals surface area contributed by atoms with Crippen molar-refractivity contribution in [3.8, 4) is 5.75 Å². The first kappa shape index (κ1) is 16.3. The maximum Gasteiger partial charge on any atom is 0.445 e. The highest BCUT2D eigenvalue weighted by Gasteiger charge is 2.35. The molecule has 0 spiro atoms. The van der Waals surface area contributed by atoms with Gasteiger partial charge in [0.1, 0.15) is 11.6 Å². The van der Waals surface area contributed by atoms with Crippen molar-refractivity contribution in [2.24, 2.45) is 0 Å². The van der Waals surface area contributed by atoms with Crippen LogP contribution in [-0.4, -0.2) is 16.8 Å². The van der Waals surface area contributed by atoms with Gasteiger partial charge in [0.15, 0.2) is 0 Å². The van der Waals surface area contributed by atoms with E-state index in [1.54, 1.807) is 0 Å². The van der Waals surface area contributed by atoms with Crippen molar-refractivity contribution in [3.63, 3.8) is 0 Å². The molecule has 0 radical (unpaired) electrons. The van der Waals surface area contributed by atoms with Crippen LogP contribution in [0.5, 0.6) is 5.75 Å². The molecule has 2 aromatic rings. The molecular weight excluding hydrogens is 336 g/mol. The largest absolute Gasteiger partial charge is 0.445 e. The summed E-state index contributed by atoms with van der Waals surface area (Å²) in [6.45, 7) is -3.54. The van der Waals surface area contributed by atoms with Crippen LogP contribution in [0.4, 0.5) is 31.5 Å². The molecule has 0 aliphatic rings. The molecule has 1 aromatic carbocycles. The quantitative estimate of drug-likeness (QED) is 0.836. The number of alkyl halides is 5. The number of aromatic nitrogens is 2. The number of anilines is 1. The van der Waals surface area contributed by atoms with Crippen molar-refractivity contribution in [1.29, 1.82) is 0 Å². The van der Waals surface area contributed by atoms with Crippen LogP contribution in [-0.2, 0) is 12.7 Å². The topological polar surface area (TPSA) is 47.0 Å². The van der Waals surface area contributed by atoms with E-state index in [9.17, 15) is 26.3 Å². The average Bonchev–Trinajstić information content (AvgIpc) is 2.86. The number of nitrogens with one attached hydrogen (secondary N) is 1. The summed E-state index contributed by atoms with van der Waals surface area (Å²) in [5, 5.41) is 7.16. The molecule has 1 N–H and O–H groups in total. The zero-order chi connectivity index (χ0) is 16.3. The van der Waals surface area contributed by atoms with E-state index in [0.29, 0.717) is 0 Å². The molecule has 1 heterocycles. The van der Waals surface area contributed by atoms with Crippen LogP contribution in [0.3, 0.4) is 0 Å². The lowest BCUT2D eigenvalue weighted by molar-refractivity contribution is -0.138. The molecule has 0 saturated carbocycles. The molecule has 120 valence electrons. The summed E-state index contributed by atoms with van der Waals surface area (Å²) in [7, 11) is 0. The van der Waals surface area contributed by atoms with E-state index >= 15 is 0 Å². The van der Waals surface area contributed by atoms with Crippen molar-refractivity contribution in [3.05, 3.63) is 34.6 Å². The standard InChI is InChI=1S/C11H7F6N3OS/c12-6-2-1-3-7(21-9(13)14)5(6)4-18-10-20-19-8(22-10)11(15,16)17/h1-3,9H,4H2,(H,18,20). The van der Waals surface area contributed by atoms with Gasteiger partial charge < -0.3 is 10.1 Å². The van der Waals surface area contributed by atoms with Crippen LogP contribution < -0.4 is 10.1 Å². The van der Waals surface area contributed by atoms with E-state index in [0.717, 1.165) is 12.1 Å². The van der Waals surface area contributed by atoms with Crippen molar-refractivity contribution in [2.75, 3.05) is 5.32 Å². The molecule has 1 aromatic heterocycles. The second kappa shape index (κ2) is 6.38. The van der Waals surface area contributed by atoms with E-state index in [1.807, 2.05) is 0 Å². The highest BCUT2D eigenvalue weighted by atomic mass is 32.1. The van der Waals surface area contributed by atoms with Crippen LogP contribution in [0.15, 0.2) is 18.2 Å². The van der Waals surface area contributed by atoms with E-state index in [2.05, 4.69) is 20.3 Å². The monoisotopic (exact) mass is 343 g/mol. The molecule has 0 saturated heterocycles. The van der Waals surface area contributed by atoms with E-state index in [-0.39, 0.29) is 28.6 Å². The van der Waals surface area contributed by atoms with Gasteiger partial charge in [0, 0.05) is 12.1 Å². The third-order valence-electron chi connectivity index (χ3n) is 2.38. The number of halogens is 6. The second-order valence-corrected chi connectivity index (χ2v) is 4.84. The lowest BCUT2D eigenvalue weighted by atomic mass is 10.2. The van der Waals surface area contributed by atoms with Crippen molar-refractivity contribution in [2.45, 2.75) is 19.3 Å². The highest BCUT2D eigenvalue weighted by Crippen LogP contribution is 2.33. The number of benzene rings is 1. The summed E-state index contributed by atoms with van der Waals surface area (Å²) in [6, 6.07) is 3.30. The Bertz CT molecular complexity index is 645. The van der Waals surface area contributed by atoms with Gasteiger partial charge in [-0.25, -0.2) is 4.39 Å². The number of hydrogen-bond acceptors (Lipinski definition) is 5. The molecule has 0 bridgehead atoms. The minimum Gasteiger partial charge on any atom is -0.434 e. The van der Waals surface area contributed by atoms with Crippen LogP contribution in [0, 0.1) is 5.82 Å². The molecule has 0 atom stereocenters. The lowest BCUT2D eigenvalue weighted by Gasteiger charge is -2.11. The van der Waals surface area contributed by atoms with E-state index in [1.165, 1.54) is 6.07 Å². The summed E-state index contributed by atoms with van der Waals surface area (Å²) in [5.74, 6) is -1.26. The molecular formula is C11H7F6N3OS. The first-order valence-corrected chi connectivity index (χ1v) is 6.46. The van der Waals surface area contributed by atoms with Crippen LogP contribution in [0.1, 0.15) is 10.6 Å². The van der Waals surface area contributed by atoms with Crippen molar-refractivity contribution in [1.82, 2.24) is 10.2 Å². The smallest absolute Gasteiger partial charge is 0.434 e. The zero-order valence-corrected chi connectivity index (χ0v) is 11.3. The maximum atomic E-state index is 13.6. The lowest BCUT2D eigenvalue weighted by Crippen LogP contribution is -2.09. The third-order valence-corrected chi connectivity index (χ3v) is 3.30. The fourth-order valence-electron chi connectivity index (χ4n) is 1.49. The van der Waals surface area contributed by atoms with Crippen LogP contribution in [0.25, 0.3) is 0 Å². The Hall–Kier alpha value is -2.04. The number of rotatable bonds is 5. The fourth-order valence-corrected chi connectivity index (χ4v) is 2.10. The van der Waals surface area contributed by atoms with Gasteiger partial charge >= 0.3 is 12.8 Å². The Kier molecular flexibility index (Phi) is 4.74. The minimum absolute atomic E-state index is 0.215. The Morgan fingerprint density at radius 3 is 2.55 bits per heavy atom. The van der Waals surface area contributed by atoms with Gasteiger partial charge in [0.2, 0.25) is 10.1 Å². The van der Waals surface area contributed by atoms with Gasteiger partial charge in [-0.05, 0) is 12.1 Å². The number of ether oxygens (including phenoxy) is 1. The summed E-state index contributed by atoms with van der Waals surface area (Å²) in [4.78, 5) is 0. The molecule has 11 heteroatoms. The second-order valence-electron chi connectivity index (χ2n) is 3.86. The normalized spacial score (nSPS) is 11.8. The SMILES string of the molecule is Fc1cccc(OC(F)F)c1CNc1nnc(C(F)(F)F)s1. The summed E-state index contributed by atoms with van der Waals surface area (Å²) < 4.78 is 79.3. The molecule has 4 nitrogen and oxygen atoms in total. The Labute approximate surface area is 123 Å². The Morgan fingerprint density at radius 2 is 1.95 bits per heavy atom. The molecule has 0 unspecified atom stereocenters. The molecule has 0 amide bonds. The average molecular weight is 343 g/mol. The van der Waals surface area contributed by atoms with Crippen molar-refractivity contribution < 1.29 is 31.1 Å². The van der Waals surface area contributed by atoms with Gasteiger partial charge in [-0.3, -0.25) is 0 Å². The number of nitrogens with zero attached hydrogens (tertiary/aromatic N) is 2. The van der Waals surface area contributed by atoms with E-state index in [4.69, 9.17) is 0 Å². The fraction of sp³-hybridized carbons (Fsp3) is 0.273. The van der Waals surface area contributed by atoms with Crippen molar-refractivity contribution >= 4 is 16.5 Å². The van der Waals surface area contributed by atoms with E-state index < -0.39 is 29.4 Å². The predicted octanol–water partition coefficient (Wildman–Crippen LogP) is 3.91. The highest BCUT2D eigenvalue weighted by molar-refractivity contribution is 7.15. The Morgan fingerprint density at radius 1 is 1.23 bits per heavy atom. The van der Waals surface area contributed by atoms with Gasteiger partial charge in [-0.2, -0.15) is 22.0 Å². The molecule has 22 heavy (non-hydrogen) atoms. The zero-order valence-electron chi connectivity index (χ0n) is 10.5. The molecule has 0 aliphatic carbocycles. The molecule has 0 fully saturated rings. The Balaban J connectivity index is 2.13.